The highest BCUT2D eigenvalue weighted by atomic mass is 35.5. The Hall–Kier alpha value is -1.85. The number of aromatic nitrogens is 2. The van der Waals surface area contributed by atoms with Gasteiger partial charge in [-0.3, -0.25) is 4.79 Å². The number of nitrogens with one attached hydrogen (secondary N) is 2. The van der Waals surface area contributed by atoms with E-state index >= 15 is 0 Å². The van der Waals surface area contributed by atoms with E-state index in [0.717, 1.165) is 0 Å². The summed E-state index contributed by atoms with van der Waals surface area (Å²) in [6.07, 6.45) is 0. The highest BCUT2D eigenvalue weighted by Crippen LogP contribution is 2.30. The smallest absolute Gasteiger partial charge is 0.276 e. The number of amides is 1. The van der Waals surface area contributed by atoms with Gasteiger partial charge >= 0.3 is 0 Å². The molecule has 0 radical (unpaired) electrons. The maximum absolute atomic E-state index is 12.1. The largest absolute Gasteiger partial charge is 0.366 e. The number of benzene rings is 1. The molecule has 1 heterocycles. The molecule has 1 aromatic heterocycles. The lowest BCUT2D eigenvalue weighted by Crippen LogP contribution is -2.16. The monoisotopic (exact) mass is 324 g/mol. The van der Waals surface area contributed by atoms with Crippen LogP contribution in [0.2, 0.25) is 10.0 Å². The molecule has 0 saturated carbocycles. The molecule has 0 bridgehead atoms. The van der Waals surface area contributed by atoms with Crippen LogP contribution in [0.4, 0.5) is 11.5 Å². The van der Waals surface area contributed by atoms with Crippen LogP contribution < -0.4 is 10.6 Å². The molecule has 0 unspecified atom stereocenters. The van der Waals surface area contributed by atoms with Gasteiger partial charge in [0.05, 0.1) is 15.7 Å². The van der Waals surface area contributed by atoms with Crippen molar-refractivity contribution in [2.45, 2.75) is 19.9 Å². The van der Waals surface area contributed by atoms with Gasteiger partial charge in [0.15, 0.2) is 5.69 Å². The molecule has 0 aliphatic rings. The summed E-state index contributed by atoms with van der Waals surface area (Å²) in [6, 6.07) is 8.50. The number of rotatable bonds is 4. The van der Waals surface area contributed by atoms with E-state index in [1.54, 1.807) is 30.3 Å². The van der Waals surface area contributed by atoms with Crippen molar-refractivity contribution in [3.8, 4) is 0 Å². The van der Waals surface area contributed by atoms with Crippen molar-refractivity contribution in [2.75, 3.05) is 10.6 Å². The van der Waals surface area contributed by atoms with Crippen LogP contribution in [-0.4, -0.2) is 22.1 Å². The van der Waals surface area contributed by atoms with Crippen LogP contribution in [0.5, 0.6) is 0 Å². The SMILES string of the molecule is CC(C)Nc1ccc(C(=O)Nc2c(Cl)cccc2Cl)nn1. The Bertz CT molecular complexity index is 624. The highest BCUT2D eigenvalue weighted by Gasteiger charge is 2.13. The Labute approximate surface area is 132 Å². The fourth-order valence-corrected chi connectivity index (χ4v) is 2.11. The van der Waals surface area contributed by atoms with Crippen LogP contribution in [0.3, 0.4) is 0 Å². The molecule has 1 amide bonds. The molecule has 0 saturated heterocycles. The molecule has 0 atom stereocenters. The van der Waals surface area contributed by atoms with E-state index in [1.165, 1.54) is 0 Å². The molecule has 0 aliphatic carbocycles. The fraction of sp³-hybridized carbons (Fsp3) is 0.214. The minimum atomic E-state index is -0.423. The Morgan fingerprint density at radius 1 is 1.10 bits per heavy atom. The molecular formula is C14H14Cl2N4O. The first kappa shape index (κ1) is 15.5. The molecule has 1 aromatic carbocycles. The van der Waals surface area contributed by atoms with E-state index in [0.29, 0.717) is 21.6 Å². The number of para-hydroxylation sites is 1. The van der Waals surface area contributed by atoms with Gasteiger partial charge in [-0.05, 0) is 38.1 Å². The van der Waals surface area contributed by atoms with Gasteiger partial charge in [0.1, 0.15) is 5.82 Å². The van der Waals surface area contributed by atoms with Crippen molar-refractivity contribution in [1.82, 2.24) is 10.2 Å². The van der Waals surface area contributed by atoms with Crippen LogP contribution in [0.25, 0.3) is 0 Å². The van der Waals surface area contributed by atoms with Crippen molar-refractivity contribution < 1.29 is 4.79 Å². The maximum atomic E-state index is 12.1. The molecule has 0 aliphatic heterocycles. The van der Waals surface area contributed by atoms with Gasteiger partial charge in [-0.15, -0.1) is 10.2 Å². The zero-order valence-electron chi connectivity index (χ0n) is 11.5. The number of nitrogens with zero attached hydrogens (tertiary/aromatic N) is 2. The molecule has 21 heavy (non-hydrogen) atoms. The summed E-state index contributed by atoms with van der Waals surface area (Å²) in [5, 5.41) is 14.3. The third-order valence-electron chi connectivity index (χ3n) is 2.54. The lowest BCUT2D eigenvalue weighted by Gasteiger charge is -2.10. The summed E-state index contributed by atoms with van der Waals surface area (Å²) >= 11 is 12.0. The molecular weight excluding hydrogens is 311 g/mol. The van der Waals surface area contributed by atoms with Gasteiger partial charge in [0.2, 0.25) is 0 Å². The van der Waals surface area contributed by atoms with Gasteiger partial charge in [-0.25, -0.2) is 0 Å². The van der Waals surface area contributed by atoms with Crippen molar-refractivity contribution >= 4 is 40.6 Å². The lowest BCUT2D eigenvalue weighted by molar-refractivity contribution is 0.102. The number of halogens is 2. The van der Waals surface area contributed by atoms with E-state index in [-0.39, 0.29) is 11.7 Å². The average Bonchev–Trinajstić information content (AvgIpc) is 2.43. The summed E-state index contributed by atoms with van der Waals surface area (Å²) < 4.78 is 0. The zero-order chi connectivity index (χ0) is 15.4. The third kappa shape index (κ3) is 4.06. The van der Waals surface area contributed by atoms with Crippen LogP contribution in [0.15, 0.2) is 30.3 Å². The number of anilines is 2. The Kier molecular flexibility index (Phi) is 4.98. The molecule has 0 fully saturated rings. The van der Waals surface area contributed by atoms with Crippen LogP contribution in [0, 0.1) is 0 Å². The Morgan fingerprint density at radius 2 is 1.76 bits per heavy atom. The molecule has 2 aromatic rings. The van der Waals surface area contributed by atoms with Gasteiger partial charge < -0.3 is 10.6 Å². The van der Waals surface area contributed by atoms with E-state index in [9.17, 15) is 4.79 Å². The quantitative estimate of drug-likeness (QED) is 0.896. The predicted molar refractivity (Wildman–Crippen MR) is 85.2 cm³/mol. The summed E-state index contributed by atoms with van der Waals surface area (Å²) in [5.74, 6) is 0.186. The van der Waals surface area contributed by atoms with E-state index in [2.05, 4.69) is 20.8 Å². The summed E-state index contributed by atoms with van der Waals surface area (Å²) in [4.78, 5) is 12.1. The summed E-state index contributed by atoms with van der Waals surface area (Å²) in [5.41, 5.74) is 0.539. The standard InChI is InChI=1S/C14H14Cl2N4O/c1-8(2)17-12-7-6-11(19-20-12)14(21)18-13-9(15)4-3-5-10(13)16/h3-8H,1-2H3,(H,17,20)(H,18,21). The molecule has 2 rings (SSSR count). The van der Waals surface area contributed by atoms with E-state index in [1.807, 2.05) is 13.8 Å². The molecule has 2 N–H and O–H groups in total. The van der Waals surface area contributed by atoms with Crippen LogP contribution in [0.1, 0.15) is 24.3 Å². The second-order valence-electron chi connectivity index (χ2n) is 4.65. The Morgan fingerprint density at radius 3 is 2.29 bits per heavy atom. The first-order chi connectivity index (χ1) is 9.97. The lowest BCUT2D eigenvalue weighted by atomic mass is 10.3. The average molecular weight is 325 g/mol. The van der Waals surface area contributed by atoms with Gasteiger partial charge in [-0.1, -0.05) is 29.3 Å². The van der Waals surface area contributed by atoms with Crippen molar-refractivity contribution in [2.24, 2.45) is 0 Å². The van der Waals surface area contributed by atoms with Gasteiger partial charge in [0, 0.05) is 6.04 Å². The number of hydrogen-bond donors (Lipinski definition) is 2. The van der Waals surface area contributed by atoms with Gasteiger partial charge in [0.25, 0.3) is 5.91 Å². The van der Waals surface area contributed by atoms with Crippen molar-refractivity contribution in [3.63, 3.8) is 0 Å². The first-order valence-corrected chi connectivity index (χ1v) is 7.08. The van der Waals surface area contributed by atoms with Crippen molar-refractivity contribution in [1.29, 1.82) is 0 Å². The fourth-order valence-electron chi connectivity index (χ4n) is 1.62. The number of carbonyl (C=O) groups is 1. The normalized spacial score (nSPS) is 10.5. The predicted octanol–water partition coefficient (Wildman–Crippen LogP) is 3.86. The molecule has 7 heteroatoms. The molecule has 5 nitrogen and oxygen atoms in total. The highest BCUT2D eigenvalue weighted by molar-refractivity contribution is 6.39. The molecule has 0 spiro atoms. The summed E-state index contributed by atoms with van der Waals surface area (Å²) in [7, 11) is 0. The van der Waals surface area contributed by atoms with Crippen molar-refractivity contribution in [3.05, 3.63) is 46.1 Å². The zero-order valence-corrected chi connectivity index (χ0v) is 13.0. The summed E-state index contributed by atoms with van der Waals surface area (Å²) in [6.45, 7) is 3.98. The minimum Gasteiger partial charge on any atom is -0.366 e. The Balaban J connectivity index is 2.13. The van der Waals surface area contributed by atoms with E-state index < -0.39 is 5.91 Å². The second kappa shape index (κ2) is 6.74. The van der Waals surface area contributed by atoms with Crippen LogP contribution >= 0.6 is 23.2 Å². The third-order valence-corrected chi connectivity index (χ3v) is 3.16. The number of hydrogen-bond acceptors (Lipinski definition) is 4. The molecule has 110 valence electrons. The topological polar surface area (TPSA) is 66.9 Å². The second-order valence-corrected chi connectivity index (χ2v) is 5.47. The maximum Gasteiger partial charge on any atom is 0.276 e. The van der Waals surface area contributed by atoms with Crippen LogP contribution in [-0.2, 0) is 0 Å². The first-order valence-electron chi connectivity index (χ1n) is 6.33. The van der Waals surface area contributed by atoms with Gasteiger partial charge in [-0.2, -0.15) is 0 Å². The minimum absolute atomic E-state index is 0.181. The number of carbonyl (C=O) groups excluding carboxylic acids is 1. The van der Waals surface area contributed by atoms with E-state index in [4.69, 9.17) is 23.2 Å².